The van der Waals surface area contributed by atoms with Crippen molar-refractivity contribution in [1.29, 1.82) is 0 Å². The number of hydrogen-bond acceptors (Lipinski definition) is 1. The standard InChI is InChI=1S/C21H26O2/c1-15(7-6-8-16(2)14-21(22)23)13-18-12-11-17(3)19-9-4-5-10-20(18)19/h4-6,8-10,13-15,17H,7,11-12H2,1-3H3,(H,22,23)/b8-6+,16-14-,18-13+. The number of aliphatic carboxylic acids is 1. The second-order valence-corrected chi connectivity index (χ2v) is 6.56. The predicted molar refractivity (Wildman–Crippen MR) is 96.4 cm³/mol. The van der Waals surface area contributed by atoms with Crippen LogP contribution in [0.3, 0.4) is 0 Å². The summed E-state index contributed by atoms with van der Waals surface area (Å²) in [5.41, 5.74) is 5.10. The number of carbonyl (C=O) groups is 1. The predicted octanol–water partition coefficient (Wildman–Crippen LogP) is 5.58. The summed E-state index contributed by atoms with van der Waals surface area (Å²) in [6.07, 6.45) is 10.8. The Morgan fingerprint density at radius 1 is 1.39 bits per heavy atom. The van der Waals surface area contributed by atoms with Gasteiger partial charge < -0.3 is 5.11 Å². The van der Waals surface area contributed by atoms with Gasteiger partial charge in [-0.1, -0.05) is 56.3 Å². The number of carboxylic acids is 1. The van der Waals surface area contributed by atoms with Gasteiger partial charge in [-0.3, -0.25) is 0 Å². The number of fused-ring (bicyclic) bond motifs is 1. The molecule has 2 heteroatoms. The summed E-state index contributed by atoms with van der Waals surface area (Å²) >= 11 is 0. The van der Waals surface area contributed by atoms with E-state index in [2.05, 4.69) is 50.3 Å². The Kier molecular flexibility index (Phi) is 5.97. The number of hydrogen-bond donors (Lipinski definition) is 1. The summed E-state index contributed by atoms with van der Waals surface area (Å²) in [6.45, 7) is 6.33. The Labute approximate surface area is 139 Å². The van der Waals surface area contributed by atoms with Gasteiger partial charge in [0.15, 0.2) is 0 Å². The largest absolute Gasteiger partial charge is 0.478 e. The molecule has 1 aliphatic carbocycles. The topological polar surface area (TPSA) is 37.3 Å². The van der Waals surface area contributed by atoms with E-state index in [0.717, 1.165) is 18.4 Å². The lowest BCUT2D eigenvalue weighted by Crippen LogP contribution is -2.06. The Morgan fingerprint density at radius 2 is 2.13 bits per heavy atom. The summed E-state index contributed by atoms with van der Waals surface area (Å²) in [5.74, 6) is 0.193. The molecule has 0 aromatic heterocycles. The molecule has 0 aliphatic heterocycles. The van der Waals surface area contributed by atoms with Crippen LogP contribution in [0.15, 0.2) is 54.1 Å². The monoisotopic (exact) mass is 310 g/mol. The minimum Gasteiger partial charge on any atom is -0.478 e. The smallest absolute Gasteiger partial charge is 0.328 e. The molecular weight excluding hydrogens is 284 g/mol. The highest BCUT2D eigenvalue weighted by Crippen LogP contribution is 2.38. The molecule has 0 saturated heterocycles. The number of allylic oxidation sites excluding steroid dienone is 5. The highest BCUT2D eigenvalue weighted by atomic mass is 16.4. The second kappa shape index (κ2) is 7.96. The summed E-state index contributed by atoms with van der Waals surface area (Å²) in [5, 5.41) is 8.70. The molecule has 1 aromatic rings. The molecule has 2 rings (SSSR count). The van der Waals surface area contributed by atoms with E-state index in [1.807, 2.05) is 13.0 Å². The van der Waals surface area contributed by atoms with Crippen molar-refractivity contribution in [3.05, 3.63) is 65.3 Å². The van der Waals surface area contributed by atoms with Crippen molar-refractivity contribution in [1.82, 2.24) is 0 Å². The highest BCUT2D eigenvalue weighted by Gasteiger charge is 2.19. The zero-order valence-electron chi connectivity index (χ0n) is 14.3. The van der Waals surface area contributed by atoms with Gasteiger partial charge in [-0.25, -0.2) is 4.79 Å². The van der Waals surface area contributed by atoms with E-state index in [4.69, 9.17) is 5.11 Å². The number of carboxylic acid groups (broad SMARTS) is 1. The second-order valence-electron chi connectivity index (χ2n) is 6.56. The van der Waals surface area contributed by atoms with Gasteiger partial charge in [0.05, 0.1) is 0 Å². The normalized spacial score (nSPS) is 21.4. The fraction of sp³-hybridized carbons (Fsp3) is 0.381. The number of benzene rings is 1. The zero-order valence-corrected chi connectivity index (χ0v) is 14.3. The average Bonchev–Trinajstić information content (AvgIpc) is 2.49. The third-order valence-corrected chi connectivity index (χ3v) is 4.41. The van der Waals surface area contributed by atoms with Crippen molar-refractivity contribution in [3.63, 3.8) is 0 Å². The first-order chi connectivity index (χ1) is 11.0. The molecule has 2 unspecified atom stereocenters. The van der Waals surface area contributed by atoms with Gasteiger partial charge >= 0.3 is 5.97 Å². The van der Waals surface area contributed by atoms with Gasteiger partial charge in [0.25, 0.3) is 0 Å². The van der Waals surface area contributed by atoms with Crippen LogP contribution < -0.4 is 0 Å². The van der Waals surface area contributed by atoms with Crippen LogP contribution in [0.5, 0.6) is 0 Å². The Hall–Kier alpha value is -2.09. The molecule has 122 valence electrons. The average molecular weight is 310 g/mol. The fourth-order valence-electron chi connectivity index (χ4n) is 3.18. The minimum absolute atomic E-state index is 0.445. The molecule has 2 atom stereocenters. The van der Waals surface area contributed by atoms with Crippen LogP contribution in [0, 0.1) is 5.92 Å². The molecule has 0 saturated carbocycles. The van der Waals surface area contributed by atoms with Gasteiger partial charge in [-0.15, -0.1) is 0 Å². The molecule has 0 bridgehead atoms. The molecule has 2 nitrogen and oxygen atoms in total. The minimum atomic E-state index is -0.893. The van der Waals surface area contributed by atoms with Crippen LogP contribution in [0.25, 0.3) is 5.57 Å². The Bertz CT molecular complexity index is 650. The lowest BCUT2D eigenvalue weighted by atomic mass is 9.80. The fourth-order valence-corrected chi connectivity index (χ4v) is 3.18. The molecule has 0 heterocycles. The van der Waals surface area contributed by atoms with Gasteiger partial charge in [0.2, 0.25) is 0 Å². The molecule has 1 aromatic carbocycles. The SMILES string of the molecule is CC(=C/C(=O)O)/C=C/CC(C)/C=C1\CCC(C)c2ccccc21. The highest BCUT2D eigenvalue weighted by molar-refractivity contribution is 5.81. The van der Waals surface area contributed by atoms with Crippen LogP contribution in [-0.2, 0) is 4.79 Å². The van der Waals surface area contributed by atoms with Gasteiger partial charge in [0, 0.05) is 6.08 Å². The first-order valence-electron chi connectivity index (χ1n) is 8.35. The molecule has 0 spiro atoms. The molecule has 23 heavy (non-hydrogen) atoms. The Morgan fingerprint density at radius 3 is 2.87 bits per heavy atom. The van der Waals surface area contributed by atoms with Crippen molar-refractivity contribution < 1.29 is 9.90 Å². The molecule has 0 fully saturated rings. The van der Waals surface area contributed by atoms with E-state index in [1.165, 1.54) is 29.2 Å². The van der Waals surface area contributed by atoms with Crippen LogP contribution in [0.1, 0.15) is 57.1 Å². The van der Waals surface area contributed by atoms with E-state index in [0.29, 0.717) is 11.8 Å². The summed E-state index contributed by atoms with van der Waals surface area (Å²) in [6, 6.07) is 8.73. The summed E-state index contributed by atoms with van der Waals surface area (Å²) in [4.78, 5) is 10.6. The summed E-state index contributed by atoms with van der Waals surface area (Å²) < 4.78 is 0. The van der Waals surface area contributed by atoms with E-state index >= 15 is 0 Å². The van der Waals surface area contributed by atoms with Crippen LogP contribution in [-0.4, -0.2) is 11.1 Å². The first-order valence-corrected chi connectivity index (χ1v) is 8.35. The van der Waals surface area contributed by atoms with E-state index in [-0.39, 0.29) is 0 Å². The molecule has 1 aliphatic rings. The molecule has 0 amide bonds. The van der Waals surface area contributed by atoms with Crippen molar-refractivity contribution in [2.75, 3.05) is 0 Å². The molecular formula is C21H26O2. The molecule has 1 N–H and O–H groups in total. The maximum absolute atomic E-state index is 10.6. The first kappa shape index (κ1) is 17.3. The Balaban J connectivity index is 2.06. The maximum Gasteiger partial charge on any atom is 0.328 e. The summed E-state index contributed by atoms with van der Waals surface area (Å²) in [7, 11) is 0. The zero-order chi connectivity index (χ0) is 16.8. The lowest BCUT2D eigenvalue weighted by molar-refractivity contribution is -0.131. The van der Waals surface area contributed by atoms with Crippen LogP contribution in [0.4, 0.5) is 0 Å². The van der Waals surface area contributed by atoms with Crippen molar-refractivity contribution in [2.45, 2.75) is 46.0 Å². The van der Waals surface area contributed by atoms with E-state index in [9.17, 15) is 4.79 Å². The van der Waals surface area contributed by atoms with Crippen molar-refractivity contribution in [3.8, 4) is 0 Å². The quantitative estimate of drug-likeness (QED) is 0.569. The van der Waals surface area contributed by atoms with Crippen LogP contribution in [0.2, 0.25) is 0 Å². The molecule has 0 radical (unpaired) electrons. The number of rotatable bonds is 5. The lowest BCUT2D eigenvalue weighted by Gasteiger charge is -2.25. The third-order valence-electron chi connectivity index (χ3n) is 4.41. The van der Waals surface area contributed by atoms with Gasteiger partial charge in [-0.2, -0.15) is 0 Å². The van der Waals surface area contributed by atoms with Gasteiger partial charge in [0.1, 0.15) is 0 Å². The van der Waals surface area contributed by atoms with E-state index < -0.39 is 5.97 Å². The maximum atomic E-state index is 10.6. The van der Waals surface area contributed by atoms with E-state index in [1.54, 1.807) is 0 Å². The van der Waals surface area contributed by atoms with Gasteiger partial charge in [-0.05, 0) is 60.3 Å². The third kappa shape index (κ3) is 4.95. The van der Waals surface area contributed by atoms with Crippen molar-refractivity contribution >= 4 is 11.5 Å². The van der Waals surface area contributed by atoms with Crippen LogP contribution >= 0.6 is 0 Å². The van der Waals surface area contributed by atoms with Crippen molar-refractivity contribution in [2.24, 2.45) is 5.92 Å².